The van der Waals surface area contributed by atoms with E-state index < -0.39 is 0 Å². The van der Waals surface area contributed by atoms with Crippen molar-refractivity contribution in [2.75, 3.05) is 12.4 Å². The Morgan fingerprint density at radius 2 is 1.89 bits per heavy atom. The van der Waals surface area contributed by atoms with Crippen LogP contribution in [0, 0.1) is 0 Å². The Morgan fingerprint density at radius 3 is 2.56 bits per heavy atom. The molecule has 0 radical (unpaired) electrons. The van der Waals surface area contributed by atoms with Crippen molar-refractivity contribution in [1.82, 2.24) is 0 Å². The van der Waals surface area contributed by atoms with E-state index in [0.717, 1.165) is 27.5 Å². The van der Waals surface area contributed by atoms with Crippen LogP contribution in [0.25, 0.3) is 0 Å². The summed E-state index contributed by atoms with van der Waals surface area (Å²) in [5, 5.41) is 4.05. The molecule has 2 rings (SSSR count). The minimum absolute atomic E-state index is 0.718. The number of ether oxygens (including phenoxy) is 1. The molecular weight excluding hydrogens is 314 g/mol. The highest BCUT2D eigenvalue weighted by molar-refractivity contribution is 9.10. The minimum Gasteiger partial charge on any atom is -0.497 e. The highest BCUT2D eigenvalue weighted by Gasteiger charge is 2.01. The van der Waals surface area contributed by atoms with E-state index in [1.54, 1.807) is 7.11 Å². The van der Waals surface area contributed by atoms with Crippen LogP contribution in [-0.2, 0) is 6.54 Å². The van der Waals surface area contributed by atoms with Crippen molar-refractivity contribution in [3.8, 4) is 5.75 Å². The predicted molar refractivity (Wildman–Crippen MR) is 79.5 cm³/mol. The summed E-state index contributed by atoms with van der Waals surface area (Å²) in [7, 11) is 1.66. The van der Waals surface area contributed by atoms with E-state index in [-0.39, 0.29) is 0 Å². The third kappa shape index (κ3) is 3.40. The molecule has 0 saturated heterocycles. The van der Waals surface area contributed by atoms with Crippen molar-refractivity contribution in [2.24, 2.45) is 0 Å². The number of nitrogens with one attached hydrogen (secondary N) is 1. The lowest BCUT2D eigenvalue weighted by Crippen LogP contribution is -2.00. The maximum absolute atomic E-state index is 5.96. The van der Waals surface area contributed by atoms with Crippen molar-refractivity contribution >= 4 is 33.2 Å². The molecule has 0 aliphatic carbocycles. The van der Waals surface area contributed by atoms with Gasteiger partial charge in [-0.05, 0) is 51.8 Å². The Balaban J connectivity index is 2.04. The molecule has 0 amide bonds. The molecule has 94 valence electrons. The smallest absolute Gasteiger partial charge is 0.118 e. The fraction of sp³-hybridized carbons (Fsp3) is 0.143. The van der Waals surface area contributed by atoms with Gasteiger partial charge in [0.05, 0.1) is 12.8 Å². The average Bonchev–Trinajstić information content (AvgIpc) is 2.40. The summed E-state index contributed by atoms with van der Waals surface area (Å²) >= 11 is 9.45. The van der Waals surface area contributed by atoms with Crippen LogP contribution in [0.1, 0.15) is 5.56 Å². The molecule has 1 N–H and O–H groups in total. The highest BCUT2D eigenvalue weighted by Crippen LogP contribution is 2.26. The first kappa shape index (κ1) is 13.2. The van der Waals surface area contributed by atoms with Crippen LogP contribution in [-0.4, -0.2) is 7.11 Å². The zero-order chi connectivity index (χ0) is 13.0. The molecule has 0 aliphatic rings. The van der Waals surface area contributed by atoms with Gasteiger partial charge >= 0.3 is 0 Å². The van der Waals surface area contributed by atoms with Gasteiger partial charge in [-0.25, -0.2) is 0 Å². The van der Waals surface area contributed by atoms with Crippen LogP contribution in [0.5, 0.6) is 5.75 Å². The number of anilines is 1. The first-order chi connectivity index (χ1) is 8.69. The van der Waals surface area contributed by atoms with E-state index in [1.807, 2.05) is 42.5 Å². The van der Waals surface area contributed by atoms with Crippen molar-refractivity contribution < 1.29 is 4.74 Å². The first-order valence-electron chi connectivity index (χ1n) is 5.51. The van der Waals surface area contributed by atoms with Crippen molar-refractivity contribution in [1.29, 1.82) is 0 Å². The standard InChI is InChI=1S/C14H13BrClNO/c1-18-12-5-2-10(3-6-12)9-17-14-8-11(16)4-7-13(14)15/h2-8,17H,9H2,1H3. The molecular formula is C14H13BrClNO. The summed E-state index contributed by atoms with van der Waals surface area (Å²) in [6.07, 6.45) is 0. The molecule has 0 heterocycles. The molecule has 4 heteroatoms. The number of halogens is 2. The van der Waals surface area contributed by atoms with Gasteiger partial charge in [0.2, 0.25) is 0 Å². The minimum atomic E-state index is 0.718. The molecule has 0 aromatic heterocycles. The Kier molecular flexibility index (Phi) is 4.50. The molecule has 0 saturated carbocycles. The molecule has 2 nitrogen and oxygen atoms in total. The second-order valence-electron chi connectivity index (χ2n) is 3.83. The van der Waals surface area contributed by atoms with E-state index in [0.29, 0.717) is 0 Å². The van der Waals surface area contributed by atoms with E-state index in [2.05, 4.69) is 21.2 Å². The fourth-order valence-corrected chi connectivity index (χ4v) is 2.13. The lowest BCUT2D eigenvalue weighted by atomic mass is 10.2. The van der Waals surface area contributed by atoms with Gasteiger partial charge in [-0.2, -0.15) is 0 Å². The highest BCUT2D eigenvalue weighted by atomic mass is 79.9. The maximum Gasteiger partial charge on any atom is 0.118 e. The Hall–Kier alpha value is -1.19. The number of hydrogen-bond donors (Lipinski definition) is 1. The Bertz CT molecular complexity index is 528. The second-order valence-corrected chi connectivity index (χ2v) is 5.12. The van der Waals surface area contributed by atoms with Gasteiger partial charge in [-0.1, -0.05) is 23.7 Å². The van der Waals surface area contributed by atoms with E-state index in [9.17, 15) is 0 Å². The Morgan fingerprint density at radius 1 is 1.17 bits per heavy atom. The van der Waals surface area contributed by atoms with Crippen LogP contribution in [0.3, 0.4) is 0 Å². The summed E-state index contributed by atoms with van der Waals surface area (Å²) in [5.74, 6) is 0.864. The lowest BCUT2D eigenvalue weighted by Gasteiger charge is -2.09. The van der Waals surface area contributed by atoms with Crippen LogP contribution in [0.4, 0.5) is 5.69 Å². The molecule has 0 unspecified atom stereocenters. The largest absolute Gasteiger partial charge is 0.497 e. The number of methoxy groups -OCH3 is 1. The van der Waals surface area contributed by atoms with E-state index in [1.165, 1.54) is 5.56 Å². The van der Waals surface area contributed by atoms with Gasteiger partial charge in [0.15, 0.2) is 0 Å². The molecule has 0 spiro atoms. The summed E-state index contributed by atoms with van der Waals surface area (Å²) in [6.45, 7) is 0.739. The summed E-state index contributed by atoms with van der Waals surface area (Å²) in [6, 6.07) is 13.6. The molecule has 0 fully saturated rings. The Labute approximate surface area is 120 Å². The third-order valence-corrected chi connectivity index (χ3v) is 3.50. The summed E-state index contributed by atoms with van der Waals surface area (Å²) in [5.41, 5.74) is 2.17. The van der Waals surface area contributed by atoms with Crippen LogP contribution in [0.2, 0.25) is 5.02 Å². The van der Waals surface area contributed by atoms with E-state index in [4.69, 9.17) is 16.3 Å². The van der Waals surface area contributed by atoms with E-state index >= 15 is 0 Å². The topological polar surface area (TPSA) is 21.3 Å². The van der Waals surface area contributed by atoms with Crippen LogP contribution < -0.4 is 10.1 Å². The molecule has 2 aromatic rings. The van der Waals surface area contributed by atoms with Gasteiger partial charge < -0.3 is 10.1 Å². The molecule has 0 aliphatic heterocycles. The zero-order valence-electron chi connectivity index (χ0n) is 9.91. The lowest BCUT2D eigenvalue weighted by molar-refractivity contribution is 0.414. The van der Waals surface area contributed by atoms with Gasteiger partial charge in [-0.3, -0.25) is 0 Å². The molecule has 0 atom stereocenters. The zero-order valence-corrected chi connectivity index (χ0v) is 12.3. The SMILES string of the molecule is COc1ccc(CNc2cc(Cl)ccc2Br)cc1. The monoisotopic (exact) mass is 325 g/mol. The molecule has 2 aromatic carbocycles. The van der Waals surface area contributed by atoms with Crippen LogP contribution >= 0.6 is 27.5 Å². The van der Waals surface area contributed by atoms with Crippen molar-refractivity contribution in [3.05, 3.63) is 57.5 Å². The first-order valence-corrected chi connectivity index (χ1v) is 6.68. The normalized spacial score (nSPS) is 10.2. The molecule has 0 bridgehead atoms. The van der Waals surface area contributed by atoms with Gasteiger partial charge in [-0.15, -0.1) is 0 Å². The average molecular weight is 327 g/mol. The van der Waals surface area contributed by atoms with Gasteiger partial charge in [0.1, 0.15) is 5.75 Å². The third-order valence-electron chi connectivity index (χ3n) is 2.57. The predicted octanol–water partition coefficient (Wildman–Crippen LogP) is 4.72. The maximum atomic E-state index is 5.96. The summed E-state index contributed by atoms with van der Waals surface area (Å²) in [4.78, 5) is 0. The van der Waals surface area contributed by atoms with Crippen molar-refractivity contribution in [3.63, 3.8) is 0 Å². The second kappa shape index (κ2) is 6.12. The number of benzene rings is 2. The number of rotatable bonds is 4. The fourth-order valence-electron chi connectivity index (χ4n) is 1.57. The number of hydrogen-bond acceptors (Lipinski definition) is 2. The van der Waals surface area contributed by atoms with Crippen LogP contribution in [0.15, 0.2) is 46.9 Å². The van der Waals surface area contributed by atoms with Gasteiger partial charge in [0, 0.05) is 16.0 Å². The van der Waals surface area contributed by atoms with Crippen molar-refractivity contribution in [2.45, 2.75) is 6.54 Å². The van der Waals surface area contributed by atoms with Gasteiger partial charge in [0.25, 0.3) is 0 Å². The summed E-state index contributed by atoms with van der Waals surface area (Å²) < 4.78 is 6.12. The quantitative estimate of drug-likeness (QED) is 0.877. The molecule has 18 heavy (non-hydrogen) atoms.